The van der Waals surface area contributed by atoms with E-state index in [4.69, 9.17) is 4.52 Å². The van der Waals surface area contributed by atoms with E-state index in [2.05, 4.69) is 21.1 Å². The lowest BCUT2D eigenvalue weighted by Crippen LogP contribution is -2.07. The zero-order valence-corrected chi connectivity index (χ0v) is 7.10. The van der Waals surface area contributed by atoms with Crippen LogP contribution in [0.15, 0.2) is 15.4 Å². The van der Waals surface area contributed by atoms with Crippen LogP contribution in [0.3, 0.4) is 0 Å². The summed E-state index contributed by atoms with van der Waals surface area (Å²) in [7, 11) is 0. The van der Waals surface area contributed by atoms with Crippen LogP contribution >= 0.6 is 15.9 Å². The first-order valence-corrected chi connectivity index (χ1v) is 4.27. The molecule has 1 aliphatic carbocycles. The quantitative estimate of drug-likeness (QED) is 0.699. The van der Waals surface area contributed by atoms with Gasteiger partial charge < -0.3 is 4.52 Å². The molecule has 0 bridgehead atoms. The summed E-state index contributed by atoms with van der Waals surface area (Å²) in [5.74, 6) is 0.709. The number of hydrogen-bond acceptors (Lipinski definition) is 2. The third-order valence-corrected chi connectivity index (χ3v) is 2.70. The fourth-order valence-electron chi connectivity index (χ4n) is 1.22. The van der Waals surface area contributed by atoms with Gasteiger partial charge in [0.15, 0.2) is 0 Å². The monoisotopic (exact) mass is 201 g/mol. The molecule has 2 rings (SSSR count). The summed E-state index contributed by atoms with van der Waals surface area (Å²) in [5, 5.41) is 3.70. The van der Waals surface area contributed by atoms with Crippen LogP contribution in [-0.2, 0) is 0 Å². The fraction of sp³-hybridized carbons (Fsp3) is 0.571. The van der Waals surface area contributed by atoms with Crippen LogP contribution in [0.5, 0.6) is 0 Å². The van der Waals surface area contributed by atoms with Crippen molar-refractivity contribution in [2.24, 2.45) is 0 Å². The second kappa shape index (κ2) is 2.38. The molecule has 54 valence electrons. The van der Waals surface area contributed by atoms with E-state index in [1.54, 1.807) is 0 Å². The van der Waals surface area contributed by atoms with E-state index in [1.165, 1.54) is 24.8 Å². The minimum Gasteiger partial charge on any atom is -0.349 e. The smallest absolute Gasteiger partial charge is 0.205 e. The summed E-state index contributed by atoms with van der Waals surface area (Å²) >= 11 is 3.31. The molecular weight excluding hydrogens is 194 g/mol. The number of nitrogens with zero attached hydrogens (tertiary/aromatic N) is 1. The minimum absolute atomic E-state index is 0.709. The van der Waals surface area contributed by atoms with Crippen LogP contribution in [0, 0.1) is 0 Å². The van der Waals surface area contributed by atoms with Crippen LogP contribution in [0.2, 0.25) is 0 Å². The lowest BCUT2D eigenvalue weighted by molar-refractivity contribution is 0.384. The van der Waals surface area contributed by atoms with Gasteiger partial charge in [0, 0.05) is 5.56 Å². The van der Waals surface area contributed by atoms with Gasteiger partial charge in [-0.1, -0.05) is 11.6 Å². The lowest BCUT2D eigenvalue weighted by atomic mass is 9.81. The first kappa shape index (κ1) is 6.40. The van der Waals surface area contributed by atoms with Crippen molar-refractivity contribution < 1.29 is 4.52 Å². The summed E-state index contributed by atoms with van der Waals surface area (Å²) < 4.78 is 5.70. The zero-order chi connectivity index (χ0) is 6.97. The van der Waals surface area contributed by atoms with Crippen molar-refractivity contribution in [3.8, 4) is 0 Å². The Labute approximate surface area is 67.7 Å². The highest BCUT2D eigenvalue weighted by Crippen LogP contribution is 2.39. The number of aromatic nitrogens is 1. The van der Waals surface area contributed by atoms with E-state index in [9.17, 15) is 0 Å². The van der Waals surface area contributed by atoms with Crippen LogP contribution in [0.1, 0.15) is 30.7 Å². The zero-order valence-electron chi connectivity index (χ0n) is 5.51. The third kappa shape index (κ3) is 0.888. The maximum absolute atomic E-state index is 4.89. The summed E-state index contributed by atoms with van der Waals surface area (Å²) in [6.45, 7) is 0. The molecule has 3 heteroatoms. The second-order valence-electron chi connectivity index (χ2n) is 2.68. The molecule has 0 atom stereocenters. The number of rotatable bonds is 1. The molecule has 1 aromatic rings. The number of hydrogen-bond donors (Lipinski definition) is 0. The van der Waals surface area contributed by atoms with Crippen molar-refractivity contribution in [2.75, 3.05) is 0 Å². The van der Waals surface area contributed by atoms with Crippen molar-refractivity contribution in [3.63, 3.8) is 0 Å². The van der Waals surface area contributed by atoms with Gasteiger partial charge in [0.1, 0.15) is 0 Å². The van der Waals surface area contributed by atoms with Crippen LogP contribution in [0.25, 0.3) is 0 Å². The van der Waals surface area contributed by atoms with E-state index in [-0.39, 0.29) is 0 Å². The average molecular weight is 202 g/mol. The molecule has 1 heterocycles. The topological polar surface area (TPSA) is 26.0 Å². The maximum atomic E-state index is 4.89. The molecule has 1 saturated carbocycles. The predicted molar refractivity (Wildman–Crippen MR) is 40.8 cm³/mol. The molecule has 0 N–H and O–H groups in total. The Hall–Kier alpha value is -0.310. The van der Waals surface area contributed by atoms with Gasteiger partial charge in [-0.15, -0.1) is 0 Å². The Bertz CT molecular complexity index is 229. The van der Waals surface area contributed by atoms with Gasteiger partial charge in [0.2, 0.25) is 4.67 Å². The number of halogens is 1. The first-order chi connectivity index (χ1) is 4.88. The van der Waals surface area contributed by atoms with Gasteiger partial charge in [-0.3, -0.25) is 0 Å². The standard InChI is InChI=1S/C7H8BrNO/c8-7-6(4-9-10-7)5-2-1-3-5/h4-5H,1-3H2. The molecule has 1 fully saturated rings. The van der Waals surface area contributed by atoms with Crippen LogP contribution in [0.4, 0.5) is 0 Å². The first-order valence-electron chi connectivity index (χ1n) is 3.48. The summed E-state index contributed by atoms with van der Waals surface area (Å²) in [6, 6.07) is 0. The summed E-state index contributed by atoms with van der Waals surface area (Å²) in [4.78, 5) is 0. The van der Waals surface area contributed by atoms with Crippen molar-refractivity contribution in [3.05, 3.63) is 16.4 Å². The SMILES string of the molecule is Brc1oncc1C1CCC1. The molecular formula is C7H8BrNO. The van der Waals surface area contributed by atoms with Gasteiger partial charge in [-0.2, -0.15) is 0 Å². The highest BCUT2D eigenvalue weighted by molar-refractivity contribution is 9.10. The molecule has 1 aliphatic rings. The molecule has 0 aliphatic heterocycles. The Morgan fingerprint density at radius 1 is 1.60 bits per heavy atom. The Balaban J connectivity index is 2.23. The average Bonchev–Trinajstić information content (AvgIpc) is 2.12. The van der Waals surface area contributed by atoms with E-state index in [1.807, 2.05) is 6.20 Å². The van der Waals surface area contributed by atoms with E-state index >= 15 is 0 Å². The highest BCUT2D eigenvalue weighted by Gasteiger charge is 2.23. The lowest BCUT2D eigenvalue weighted by Gasteiger charge is -2.23. The summed E-state index contributed by atoms with van der Waals surface area (Å²) in [5.41, 5.74) is 1.24. The molecule has 0 radical (unpaired) electrons. The van der Waals surface area contributed by atoms with Crippen molar-refractivity contribution in [1.29, 1.82) is 0 Å². The Morgan fingerprint density at radius 2 is 2.40 bits per heavy atom. The van der Waals surface area contributed by atoms with Gasteiger partial charge in [-0.05, 0) is 34.7 Å². The van der Waals surface area contributed by atoms with Crippen LogP contribution < -0.4 is 0 Å². The molecule has 2 nitrogen and oxygen atoms in total. The molecule has 0 spiro atoms. The van der Waals surface area contributed by atoms with E-state index < -0.39 is 0 Å². The van der Waals surface area contributed by atoms with Gasteiger partial charge in [0.25, 0.3) is 0 Å². The molecule has 0 unspecified atom stereocenters. The minimum atomic E-state index is 0.709. The molecule has 0 saturated heterocycles. The van der Waals surface area contributed by atoms with Crippen molar-refractivity contribution in [2.45, 2.75) is 25.2 Å². The largest absolute Gasteiger partial charge is 0.349 e. The fourth-order valence-corrected chi connectivity index (χ4v) is 1.73. The van der Waals surface area contributed by atoms with Crippen LogP contribution in [-0.4, -0.2) is 5.16 Å². The maximum Gasteiger partial charge on any atom is 0.205 e. The molecule has 0 amide bonds. The Morgan fingerprint density at radius 3 is 2.80 bits per heavy atom. The molecule has 0 aromatic carbocycles. The van der Waals surface area contributed by atoms with E-state index in [0.717, 1.165) is 4.67 Å². The summed E-state index contributed by atoms with van der Waals surface area (Å²) in [6.07, 6.45) is 5.75. The molecule has 1 aromatic heterocycles. The third-order valence-electron chi connectivity index (χ3n) is 2.10. The van der Waals surface area contributed by atoms with E-state index in [0.29, 0.717) is 5.92 Å². The normalized spacial score (nSPS) is 18.9. The second-order valence-corrected chi connectivity index (χ2v) is 3.40. The van der Waals surface area contributed by atoms with Crippen molar-refractivity contribution in [1.82, 2.24) is 5.16 Å². The van der Waals surface area contributed by atoms with Gasteiger partial charge >= 0.3 is 0 Å². The Kier molecular flexibility index (Phi) is 1.52. The molecule has 10 heavy (non-hydrogen) atoms. The van der Waals surface area contributed by atoms with Crippen molar-refractivity contribution >= 4 is 15.9 Å². The predicted octanol–water partition coefficient (Wildman–Crippen LogP) is 2.70. The van der Waals surface area contributed by atoms with Gasteiger partial charge in [0.05, 0.1) is 6.20 Å². The van der Waals surface area contributed by atoms with Gasteiger partial charge in [-0.25, -0.2) is 0 Å². The highest BCUT2D eigenvalue weighted by atomic mass is 79.9.